The van der Waals surface area contributed by atoms with Gasteiger partial charge in [-0.25, -0.2) is 0 Å². The zero-order chi connectivity index (χ0) is 15.0. The molecule has 2 aromatic rings. The second kappa shape index (κ2) is 5.45. The highest BCUT2D eigenvalue weighted by atomic mass is 79.9. The molecule has 4 heteroatoms. The zero-order valence-electron chi connectivity index (χ0n) is 11.6. The first-order valence-electron chi connectivity index (χ1n) is 6.77. The summed E-state index contributed by atoms with van der Waals surface area (Å²) in [5.41, 5.74) is 2.99. The number of anilines is 1. The van der Waals surface area contributed by atoms with E-state index in [1.165, 1.54) is 0 Å². The van der Waals surface area contributed by atoms with Crippen molar-refractivity contribution in [2.45, 2.75) is 13.3 Å². The number of fused-ring (bicyclic) bond motifs is 1. The summed E-state index contributed by atoms with van der Waals surface area (Å²) >= 11 is 3.42. The van der Waals surface area contributed by atoms with Crippen LogP contribution in [0.25, 0.3) is 0 Å². The highest BCUT2D eigenvalue weighted by Gasteiger charge is 2.27. The van der Waals surface area contributed by atoms with Crippen LogP contribution < -0.4 is 4.90 Å². The molecule has 21 heavy (non-hydrogen) atoms. The molecule has 0 N–H and O–H groups in total. The van der Waals surface area contributed by atoms with Gasteiger partial charge in [-0.3, -0.25) is 9.59 Å². The molecule has 0 fully saturated rings. The van der Waals surface area contributed by atoms with Crippen molar-refractivity contribution in [3.05, 3.63) is 63.6 Å². The van der Waals surface area contributed by atoms with Crippen molar-refractivity contribution in [1.29, 1.82) is 0 Å². The van der Waals surface area contributed by atoms with Crippen LogP contribution in [0.4, 0.5) is 5.69 Å². The molecule has 0 bridgehead atoms. The fourth-order valence-electron chi connectivity index (χ4n) is 2.64. The van der Waals surface area contributed by atoms with Gasteiger partial charge in [-0.05, 0) is 42.8 Å². The largest absolute Gasteiger partial charge is 0.307 e. The van der Waals surface area contributed by atoms with Crippen molar-refractivity contribution in [2.75, 3.05) is 11.4 Å². The quantitative estimate of drug-likeness (QED) is 0.784. The molecule has 3 rings (SSSR count). The third kappa shape index (κ3) is 2.63. The number of para-hydroxylation sites is 1. The molecular formula is C17H14BrNO2. The molecule has 1 aliphatic rings. The lowest BCUT2D eigenvalue weighted by Crippen LogP contribution is -2.37. The molecule has 0 saturated carbocycles. The summed E-state index contributed by atoms with van der Waals surface area (Å²) < 4.78 is 0.882. The van der Waals surface area contributed by atoms with E-state index in [1.807, 2.05) is 43.3 Å². The van der Waals surface area contributed by atoms with Gasteiger partial charge in [0.2, 0.25) is 0 Å². The molecule has 3 nitrogen and oxygen atoms in total. The van der Waals surface area contributed by atoms with Crippen LogP contribution in [-0.2, 0) is 0 Å². The van der Waals surface area contributed by atoms with Crippen LogP contribution in [0.3, 0.4) is 0 Å². The molecule has 0 aromatic heterocycles. The van der Waals surface area contributed by atoms with Crippen LogP contribution in [-0.4, -0.2) is 18.2 Å². The number of Topliss-reactive ketones (excluding diaryl/α,β-unsaturated/α-hetero) is 1. The van der Waals surface area contributed by atoms with Crippen LogP contribution >= 0.6 is 15.9 Å². The lowest BCUT2D eigenvalue weighted by Gasteiger charge is -2.28. The van der Waals surface area contributed by atoms with E-state index in [4.69, 9.17) is 0 Å². The van der Waals surface area contributed by atoms with Gasteiger partial charge in [0.25, 0.3) is 5.91 Å². The third-order valence-electron chi connectivity index (χ3n) is 3.59. The van der Waals surface area contributed by atoms with Gasteiger partial charge in [-0.15, -0.1) is 0 Å². The van der Waals surface area contributed by atoms with Gasteiger partial charge >= 0.3 is 0 Å². The Balaban J connectivity index is 2.03. The molecule has 1 amide bonds. The highest BCUT2D eigenvalue weighted by molar-refractivity contribution is 9.10. The Labute approximate surface area is 131 Å². The summed E-state index contributed by atoms with van der Waals surface area (Å²) in [5, 5.41) is 0. The van der Waals surface area contributed by atoms with Crippen LogP contribution in [0.15, 0.2) is 46.9 Å². The standard InChI is InChI=1S/C17H14BrNO2/c1-11-8-12(10-13(18)9-11)17(21)19-7-6-16(20)14-4-2-3-5-15(14)19/h2-5,8-10H,6-7H2,1H3. The van der Waals surface area contributed by atoms with E-state index >= 15 is 0 Å². The normalized spacial score (nSPS) is 14.0. The monoisotopic (exact) mass is 343 g/mol. The zero-order valence-corrected chi connectivity index (χ0v) is 13.2. The third-order valence-corrected chi connectivity index (χ3v) is 4.05. The molecule has 0 radical (unpaired) electrons. The Morgan fingerprint density at radius 2 is 1.95 bits per heavy atom. The Bertz CT molecular complexity index is 719. The Hall–Kier alpha value is -1.94. The minimum atomic E-state index is -0.0700. The average Bonchev–Trinajstić information content (AvgIpc) is 2.46. The summed E-state index contributed by atoms with van der Waals surface area (Å²) in [6, 6.07) is 12.9. The van der Waals surface area contributed by atoms with Crippen LogP contribution in [0.1, 0.15) is 32.7 Å². The first kappa shape index (κ1) is 14.0. The number of nitrogens with zero attached hydrogens (tertiary/aromatic N) is 1. The Kier molecular flexibility index (Phi) is 3.64. The summed E-state index contributed by atoms with van der Waals surface area (Å²) in [6.07, 6.45) is 0.371. The van der Waals surface area contributed by atoms with Crippen molar-refractivity contribution in [3.8, 4) is 0 Å². The highest BCUT2D eigenvalue weighted by Crippen LogP contribution is 2.28. The van der Waals surface area contributed by atoms with Gasteiger partial charge in [0.15, 0.2) is 5.78 Å². The molecular weight excluding hydrogens is 330 g/mol. The second-order valence-electron chi connectivity index (χ2n) is 5.16. The van der Waals surface area contributed by atoms with Crippen molar-refractivity contribution >= 4 is 33.3 Å². The number of ketones is 1. The van der Waals surface area contributed by atoms with E-state index < -0.39 is 0 Å². The van der Waals surface area contributed by atoms with Crippen LogP contribution in [0.2, 0.25) is 0 Å². The molecule has 1 aliphatic heterocycles. The molecule has 0 aliphatic carbocycles. The van der Waals surface area contributed by atoms with Crippen molar-refractivity contribution < 1.29 is 9.59 Å². The predicted octanol–water partition coefficient (Wildman–Crippen LogP) is 3.99. The number of halogens is 1. The molecule has 2 aromatic carbocycles. The molecule has 0 spiro atoms. The molecule has 1 heterocycles. The Morgan fingerprint density at radius 1 is 1.19 bits per heavy atom. The molecule has 0 saturated heterocycles. The Morgan fingerprint density at radius 3 is 2.71 bits per heavy atom. The lowest BCUT2D eigenvalue weighted by molar-refractivity contribution is 0.0955. The number of hydrogen-bond acceptors (Lipinski definition) is 2. The summed E-state index contributed by atoms with van der Waals surface area (Å²) in [4.78, 5) is 26.4. The number of rotatable bonds is 1. The first-order chi connectivity index (χ1) is 10.1. The van der Waals surface area contributed by atoms with Crippen molar-refractivity contribution in [2.24, 2.45) is 0 Å². The number of aryl methyl sites for hydroxylation is 1. The van der Waals surface area contributed by atoms with Crippen LogP contribution in [0, 0.1) is 6.92 Å². The van der Waals surface area contributed by atoms with E-state index in [-0.39, 0.29) is 11.7 Å². The maximum absolute atomic E-state index is 12.8. The number of amides is 1. The van der Waals surface area contributed by atoms with Gasteiger partial charge in [-0.2, -0.15) is 0 Å². The molecule has 106 valence electrons. The topological polar surface area (TPSA) is 37.4 Å². The smallest absolute Gasteiger partial charge is 0.258 e. The fraction of sp³-hybridized carbons (Fsp3) is 0.176. The van der Waals surface area contributed by atoms with Crippen molar-refractivity contribution in [1.82, 2.24) is 0 Å². The summed E-state index contributed by atoms with van der Waals surface area (Å²) in [6.45, 7) is 2.38. The van der Waals surface area contributed by atoms with Crippen molar-refractivity contribution in [3.63, 3.8) is 0 Å². The van der Waals surface area contributed by atoms with Gasteiger partial charge in [-0.1, -0.05) is 28.1 Å². The van der Waals surface area contributed by atoms with E-state index in [0.29, 0.717) is 29.8 Å². The molecule has 0 atom stereocenters. The summed E-state index contributed by atoms with van der Waals surface area (Å²) in [7, 11) is 0. The van der Waals surface area contributed by atoms with Gasteiger partial charge in [0.1, 0.15) is 0 Å². The van der Waals surface area contributed by atoms with Crippen LogP contribution in [0.5, 0.6) is 0 Å². The van der Waals surface area contributed by atoms with E-state index in [9.17, 15) is 9.59 Å². The number of carbonyl (C=O) groups is 2. The maximum Gasteiger partial charge on any atom is 0.258 e. The van der Waals surface area contributed by atoms with E-state index in [1.54, 1.807) is 11.0 Å². The average molecular weight is 344 g/mol. The fourth-order valence-corrected chi connectivity index (χ4v) is 3.25. The number of carbonyl (C=O) groups excluding carboxylic acids is 2. The minimum absolute atomic E-state index is 0.0700. The minimum Gasteiger partial charge on any atom is -0.307 e. The summed E-state index contributed by atoms with van der Waals surface area (Å²) in [5.74, 6) is 0.0272. The number of hydrogen-bond donors (Lipinski definition) is 0. The van der Waals surface area contributed by atoms with Gasteiger partial charge in [0.05, 0.1) is 5.69 Å². The SMILES string of the molecule is Cc1cc(Br)cc(C(=O)N2CCC(=O)c3ccccc32)c1. The van der Waals surface area contributed by atoms with E-state index in [2.05, 4.69) is 15.9 Å². The predicted molar refractivity (Wildman–Crippen MR) is 85.9 cm³/mol. The number of benzene rings is 2. The van der Waals surface area contributed by atoms with Gasteiger partial charge in [0, 0.05) is 28.6 Å². The first-order valence-corrected chi connectivity index (χ1v) is 7.57. The lowest BCUT2D eigenvalue weighted by atomic mass is 9.99. The van der Waals surface area contributed by atoms with E-state index in [0.717, 1.165) is 10.0 Å². The maximum atomic E-state index is 12.8. The molecule has 0 unspecified atom stereocenters. The van der Waals surface area contributed by atoms with Gasteiger partial charge < -0.3 is 4.90 Å². The second-order valence-corrected chi connectivity index (χ2v) is 6.08.